The molecule has 0 amide bonds. The van der Waals surface area contributed by atoms with E-state index < -0.39 is 12.2 Å². The summed E-state index contributed by atoms with van der Waals surface area (Å²) in [6, 6.07) is 0. The molecule has 0 aromatic heterocycles. The molecule has 3 nitrogen and oxygen atoms in total. The fourth-order valence-electron chi connectivity index (χ4n) is 2.34. The molecule has 72 valence electrons. The summed E-state index contributed by atoms with van der Waals surface area (Å²) in [5, 5.41) is 19.1. The normalized spacial score (nSPS) is 44.5. The SMILES string of the molecule is CC1=CC[C@@H]2C[C@H](C1=O)[C@@H](O)[C@H]2O. The fraction of sp³-hybridized carbons (Fsp3) is 0.700. The molecule has 2 aliphatic carbocycles. The maximum Gasteiger partial charge on any atom is 0.164 e. The van der Waals surface area contributed by atoms with Crippen molar-refractivity contribution in [1.82, 2.24) is 0 Å². The Morgan fingerprint density at radius 1 is 1.38 bits per heavy atom. The number of fused-ring (bicyclic) bond motifs is 2. The molecule has 0 spiro atoms. The lowest BCUT2D eigenvalue weighted by Crippen LogP contribution is -2.32. The Kier molecular flexibility index (Phi) is 2.00. The highest BCUT2D eigenvalue weighted by Gasteiger charge is 2.45. The first-order valence-corrected chi connectivity index (χ1v) is 4.68. The highest BCUT2D eigenvalue weighted by molar-refractivity contribution is 5.97. The third kappa shape index (κ3) is 1.23. The predicted molar refractivity (Wildman–Crippen MR) is 47.0 cm³/mol. The molecule has 2 rings (SSSR count). The molecule has 0 unspecified atom stereocenters. The zero-order valence-electron chi connectivity index (χ0n) is 7.60. The van der Waals surface area contributed by atoms with Crippen LogP contribution in [0.2, 0.25) is 0 Å². The predicted octanol–water partition coefficient (Wildman–Crippen LogP) is 0.263. The van der Waals surface area contributed by atoms with Crippen LogP contribution in [0, 0.1) is 11.8 Å². The summed E-state index contributed by atoms with van der Waals surface area (Å²) in [7, 11) is 0. The van der Waals surface area contributed by atoms with Crippen LogP contribution in [0.5, 0.6) is 0 Å². The van der Waals surface area contributed by atoms with Gasteiger partial charge in [-0.25, -0.2) is 0 Å². The summed E-state index contributed by atoms with van der Waals surface area (Å²) in [5.74, 6) is -0.285. The maximum atomic E-state index is 11.6. The minimum Gasteiger partial charge on any atom is -0.390 e. The Balaban J connectivity index is 2.32. The number of rotatable bonds is 0. The van der Waals surface area contributed by atoms with E-state index in [-0.39, 0.29) is 17.6 Å². The Hall–Kier alpha value is -0.670. The molecular weight excluding hydrogens is 168 g/mol. The Labute approximate surface area is 77.1 Å². The number of Topliss-reactive ketones (excluding diaryl/α,β-unsaturated/α-hetero) is 1. The molecule has 2 N–H and O–H groups in total. The van der Waals surface area contributed by atoms with E-state index in [0.717, 1.165) is 5.57 Å². The Morgan fingerprint density at radius 2 is 2.08 bits per heavy atom. The van der Waals surface area contributed by atoms with Crippen LogP contribution in [0.25, 0.3) is 0 Å². The van der Waals surface area contributed by atoms with Crippen molar-refractivity contribution in [3.05, 3.63) is 11.6 Å². The van der Waals surface area contributed by atoms with E-state index in [2.05, 4.69) is 0 Å². The van der Waals surface area contributed by atoms with Gasteiger partial charge in [0, 0.05) is 0 Å². The van der Waals surface area contributed by atoms with Crippen LogP contribution < -0.4 is 0 Å². The number of allylic oxidation sites excluding steroid dienone is 2. The number of ketones is 1. The van der Waals surface area contributed by atoms with Gasteiger partial charge in [0.25, 0.3) is 0 Å². The minimum absolute atomic E-state index is 0.00606. The first-order chi connectivity index (χ1) is 6.11. The van der Waals surface area contributed by atoms with E-state index in [0.29, 0.717) is 12.8 Å². The molecule has 3 heteroatoms. The molecule has 0 aromatic carbocycles. The number of carbonyl (C=O) groups is 1. The van der Waals surface area contributed by atoms with Gasteiger partial charge < -0.3 is 10.2 Å². The summed E-state index contributed by atoms with van der Waals surface area (Å²) in [4.78, 5) is 11.6. The lowest BCUT2D eigenvalue weighted by Gasteiger charge is -2.18. The molecule has 1 saturated carbocycles. The number of hydrogen-bond acceptors (Lipinski definition) is 3. The second kappa shape index (κ2) is 2.93. The van der Waals surface area contributed by atoms with Crippen LogP contribution in [0.15, 0.2) is 11.6 Å². The van der Waals surface area contributed by atoms with Crippen LogP contribution in [0.4, 0.5) is 0 Å². The van der Waals surface area contributed by atoms with Crippen molar-refractivity contribution < 1.29 is 15.0 Å². The van der Waals surface area contributed by atoms with Crippen molar-refractivity contribution >= 4 is 5.78 Å². The van der Waals surface area contributed by atoms with E-state index >= 15 is 0 Å². The van der Waals surface area contributed by atoms with Gasteiger partial charge in [0.2, 0.25) is 0 Å². The summed E-state index contributed by atoms with van der Waals surface area (Å²) in [6.45, 7) is 1.78. The third-order valence-electron chi connectivity index (χ3n) is 3.25. The fourth-order valence-corrected chi connectivity index (χ4v) is 2.34. The topological polar surface area (TPSA) is 57.5 Å². The summed E-state index contributed by atoms with van der Waals surface area (Å²) < 4.78 is 0. The van der Waals surface area contributed by atoms with Crippen molar-refractivity contribution in [3.63, 3.8) is 0 Å². The summed E-state index contributed by atoms with van der Waals surface area (Å²) >= 11 is 0. The molecule has 13 heavy (non-hydrogen) atoms. The van der Waals surface area contributed by atoms with Gasteiger partial charge in [-0.05, 0) is 31.3 Å². The number of hydrogen-bond donors (Lipinski definition) is 2. The van der Waals surface area contributed by atoms with Crippen LogP contribution in [-0.4, -0.2) is 28.2 Å². The van der Waals surface area contributed by atoms with Gasteiger partial charge >= 0.3 is 0 Å². The Morgan fingerprint density at radius 3 is 2.77 bits per heavy atom. The number of aliphatic hydroxyl groups is 2. The lowest BCUT2D eigenvalue weighted by molar-refractivity contribution is -0.123. The van der Waals surface area contributed by atoms with Crippen molar-refractivity contribution in [3.8, 4) is 0 Å². The zero-order valence-corrected chi connectivity index (χ0v) is 7.60. The van der Waals surface area contributed by atoms with Crippen LogP contribution >= 0.6 is 0 Å². The van der Waals surface area contributed by atoms with Crippen molar-refractivity contribution in [2.24, 2.45) is 11.8 Å². The molecule has 0 heterocycles. The van der Waals surface area contributed by atoms with E-state index in [1.807, 2.05) is 6.08 Å². The molecular formula is C10H14O3. The van der Waals surface area contributed by atoms with Gasteiger partial charge in [-0.15, -0.1) is 0 Å². The van der Waals surface area contributed by atoms with Crippen molar-refractivity contribution in [2.75, 3.05) is 0 Å². The van der Waals surface area contributed by atoms with E-state index in [1.54, 1.807) is 6.92 Å². The average molecular weight is 182 g/mol. The highest BCUT2D eigenvalue weighted by Crippen LogP contribution is 2.38. The first-order valence-electron chi connectivity index (χ1n) is 4.68. The molecule has 0 saturated heterocycles. The van der Waals surface area contributed by atoms with Gasteiger partial charge in [0.15, 0.2) is 5.78 Å². The third-order valence-corrected chi connectivity index (χ3v) is 3.25. The van der Waals surface area contributed by atoms with Gasteiger partial charge in [0.05, 0.1) is 18.1 Å². The molecule has 0 aromatic rings. The number of aliphatic hydroxyl groups excluding tert-OH is 2. The average Bonchev–Trinajstić information content (AvgIpc) is 2.30. The molecule has 1 fully saturated rings. The molecule has 2 bridgehead atoms. The van der Waals surface area contributed by atoms with Gasteiger partial charge in [-0.2, -0.15) is 0 Å². The quantitative estimate of drug-likeness (QED) is 0.565. The maximum absolute atomic E-state index is 11.6. The smallest absolute Gasteiger partial charge is 0.164 e. The molecule has 0 radical (unpaired) electrons. The Bertz CT molecular complexity index is 269. The highest BCUT2D eigenvalue weighted by atomic mass is 16.3. The lowest BCUT2D eigenvalue weighted by atomic mass is 9.95. The zero-order chi connectivity index (χ0) is 9.59. The van der Waals surface area contributed by atoms with Crippen LogP contribution in [0.3, 0.4) is 0 Å². The molecule has 0 aliphatic heterocycles. The van der Waals surface area contributed by atoms with E-state index in [4.69, 9.17) is 0 Å². The van der Waals surface area contributed by atoms with Gasteiger partial charge in [-0.3, -0.25) is 4.79 Å². The van der Waals surface area contributed by atoms with E-state index in [1.165, 1.54) is 0 Å². The molecule has 4 atom stereocenters. The van der Waals surface area contributed by atoms with Crippen LogP contribution in [0.1, 0.15) is 19.8 Å². The van der Waals surface area contributed by atoms with Gasteiger partial charge in [0.1, 0.15) is 0 Å². The van der Waals surface area contributed by atoms with Crippen molar-refractivity contribution in [1.29, 1.82) is 0 Å². The second-order valence-electron chi connectivity index (χ2n) is 4.07. The summed E-state index contributed by atoms with van der Waals surface area (Å²) in [5.41, 5.74) is 0.735. The van der Waals surface area contributed by atoms with E-state index in [9.17, 15) is 15.0 Å². The first kappa shape index (κ1) is 8.91. The standard InChI is InChI=1S/C10H14O3/c1-5-2-3-6-4-7(8(5)11)10(13)9(6)12/h2,6-7,9-10,12-13H,3-4H2,1H3/t6-,7-,9+,10-/m1/s1. The number of carbonyl (C=O) groups excluding carboxylic acids is 1. The summed E-state index contributed by atoms with van der Waals surface area (Å²) in [6.07, 6.45) is 1.67. The molecule has 2 aliphatic rings. The minimum atomic E-state index is -0.846. The second-order valence-corrected chi connectivity index (χ2v) is 4.07. The van der Waals surface area contributed by atoms with Crippen LogP contribution in [-0.2, 0) is 4.79 Å². The monoisotopic (exact) mass is 182 g/mol. The van der Waals surface area contributed by atoms with Crippen molar-refractivity contribution in [2.45, 2.75) is 32.0 Å². The van der Waals surface area contributed by atoms with Gasteiger partial charge in [-0.1, -0.05) is 6.08 Å². The largest absolute Gasteiger partial charge is 0.390 e.